The third-order valence-electron chi connectivity index (χ3n) is 10.1. The molecule has 3 heteroatoms. The molecular formula is C49H31N3. The van der Waals surface area contributed by atoms with Gasteiger partial charge in [0.25, 0.3) is 0 Å². The second-order valence-corrected chi connectivity index (χ2v) is 13.1. The summed E-state index contributed by atoms with van der Waals surface area (Å²) in [5.41, 5.74) is 7.33. The average molecular weight is 662 g/mol. The summed E-state index contributed by atoms with van der Waals surface area (Å²) in [5.74, 6) is 1.90. The summed E-state index contributed by atoms with van der Waals surface area (Å²) in [4.78, 5) is 15.7. The molecule has 0 N–H and O–H groups in total. The molecule has 0 saturated heterocycles. The van der Waals surface area contributed by atoms with Gasteiger partial charge in [0.05, 0.1) is 0 Å². The molecule has 0 saturated carbocycles. The average Bonchev–Trinajstić information content (AvgIpc) is 3.23. The van der Waals surface area contributed by atoms with Crippen LogP contribution in [-0.4, -0.2) is 15.0 Å². The van der Waals surface area contributed by atoms with Gasteiger partial charge < -0.3 is 0 Å². The van der Waals surface area contributed by atoms with Crippen molar-refractivity contribution in [3.8, 4) is 56.4 Å². The van der Waals surface area contributed by atoms with Crippen molar-refractivity contribution in [1.29, 1.82) is 0 Å². The fourth-order valence-corrected chi connectivity index (χ4v) is 7.71. The minimum absolute atomic E-state index is 0.633. The highest BCUT2D eigenvalue weighted by Crippen LogP contribution is 2.43. The molecule has 0 unspecified atom stereocenters. The molecule has 52 heavy (non-hydrogen) atoms. The van der Waals surface area contributed by atoms with Gasteiger partial charge in [-0.1, -0.05) is 182 Å². The van der Waals surface area contributed by atoms with Crippen LogP contribution in [0.15, 0.2) is 188 Å². The number of hydrogen-bond donors (Lipinski definition) is 0. The molecule has 10 aromatic rings. The summed E-state index contributed by atoms with van der Waals surface area (Å²) in [6.07, 6.45) is 0. The van der Waals surface area contributed by atoms with Crippen molar-refractivity contribution in [1.82, 2.24) is 15.0 Å². The summed E-state index contributed by atoms with van der Waals surface area (Å²) >= 11 is 0. The van der Waals surface area contributed by atoms with Gasteiger partial charge >= 0.3 is 0 Å². The Morgan fingerprint density at radius 2 is 0.750 bits per heavy atom. The van der Waals surface area contributed by atoms with E-state index in [2.05, 4.69) is 170 Å². The van der Waals surface area contributed by atoms with Gasteiger partial charge in [-0.25, -0.2) is 15.0 Å². The van der Waals surface area contributed by atoms with E-state index in [9.17, 15) is 0 Å². The molecule has 0 aliphatic heterocycles. The second-order valence-electron chi connectivity index (χ2n) is 13.1. The first kappa shape index (κ1) is 29.9. The molecule has 0 radical (unpaired) electrons. The van der Waals surface area contributed by atoms with Crippen molar-refractivity contribution in [2.24, 2.45) is 0 Å². The number of hydrogen-bond acceptors (Lipinski definition) is 3. The predicted octanol–water partition coefficient (Wildman–Crippen LogP) is 12.8. The number of rotatable bonds is 5. The van der Waals surface area contributed by atoms with Gasteiger partial charge in [0.1, 0.15) is 0 Å². The van der Waals surface area contributed by atoms with Crippen molar-refractivity contribution in [3.05, 3.63) is 188 Å². The maximum atomic E-state index is 5.34. The van der Waals surface area contributed by atoms with E-state index >= 15 is 0 Å². The van der Waals surface area contributed by atoms with Gasteiger partial charge in [0.15, 0.2) is 17.5 Å². The number of aromatic nitrogens is 3. The maximum Gasteiger partial charge on any atom is 0.164 e. The van der Waals surface area contributed by atoms with Gasteiger partial charge in [-0.15, -0.1) is 0 Å². The second kappa shape index (κ2) is 12.4. The molecule has 0 fully saturated rings. The first-order valence-electron chi connectivity index (χ1n) is 17.6. The van der Waals surface area contributed by atoms with Crippen LogP contribution in [0.5, 0.6) is 0 Å². The third-order valence-corrected chi connectivity index (χ3v) is 10.1. The van der Waals surface area contributed by atoms with Crippen LogP contribution < -0.4 is 0 Å². The van der Waals surface area contributed by atoms with Crippen LogP contribution in [0.3, 0.4) is 0 Å². The molecule has 0 aliphatic carbocycles. The molecular weight excluding hydrogens is 631 g/mol. The summed E-state index contributed by atoms with van der Waals surface area (Å²) in [7, 11) is 0. The van der Waals surface area contributed by atoms with E-state index in [0.717, 1.165) is 33.4 Å². The van der Waals surface area contributed by atoms with Crippen molar-refractivity contribution in [3.63, 3.8) is 0 Å². The third kappa shape index (κ3) is 5.02. The van der Waals surface area contributed by atoms with Crippen LogP contribution in [0.2, 0.25) is 0 Å². The first-order valence-corrected chi connectivity index (χ1v) is 17.6. The quantitative estimate of drug-likeness (QED) is 0.136. The lowest BCUT2D eigenvalue weighted by molar-refractivity contribution is 1.07. The molecule has 1 heterocycles. The van der Waals surface area contributed by atoms with Crippen LogP contribution in [0.25, 0.3) is 99.5 Å². The summed E-state index contributed by atoms with van der Waals surface area (Å²) in [5, 5.41) is 9.66. The standard InChI is InChI=1S/C49H31N3/c1-2-17-34(18-3-1)47-50-48(43-26-12-10-24-40(43)39-28-14-20-32-15-4-7-21-36(32)39)52-49(51-47)44-27-13-11-25-41(44)46-38-23-9-6-19-35(38)31-45-37-22-8-5-16-33(37)29-30-42(45)46/h1-31H. The molecule has 0 atom stereocenters. The van der Waals surface area contributed by atoms with Crippen LogP contribution in [0, 0.1) is 0 Å². The number of fused-ring (bicyclic) bond motifs is 5. The highest BCUT2D eigenvalue weighted by atomic mass is 15.0. The summed E-state index contributed by atoms with van der Waals surface area (Å²) in [6.45, 7) is 0. The topological polar surface area (TPSA) is 38.7 Å². The van der Waals surface area contributed by atoms with Crippen molar-refractivity contribution in [2.75, 3.05) is 0 Å². The van der Waals surface area contributed by atoms with Gasteiger partial charge in [-0.3, -0.25) is 0 Å². The zero-order valence-corrected chi connectivity index (χ0v) is 28.2. The Hall–Kier alpha value is -6.97. The Labute approximate surface area is 301 Å². The predicted molar refractivity (Wildman–Crippen MR) is 217 cm³/mol. The van der Waals surface area contributed by atoms with Crippen LogP contribution in [0.1, 0.15) is 0 Å². The van der Waals surface area contributed by atoms with Crippen molar-refractivity contribution in [2.45, 2.75) is 0 Å². The fraction of sp³-hybridized carbons (Fsp3) is 0. The molecule has 0 aliphatic rings. The largest absolute Gasteiger partial charge is 0.208 e. The smallest absolute Gasteiger partial charge is 0.164 e. The van der Waals surface area contributed by atoms with Gasteiger partial charge in [0.2, 0.25) is 0 Å². The van der Waals surface area contributed by atoms with E-state index in [-0.39, 0.29) is 0 Å². The molecule has 1 aromatic heterocycles. The number of benzene rings is 9. The lowest BCUT2D eigenvalue weighted by atomic mass is 9.88. The van der Waals surface area contributed by atoms with E-state index in [1.165, 1.54) is 48.7 Å². The Bertz CT molecular complexity index is 2960. The maximum absolute atomic E-state index is 5.34. The summed E-state index contributed by atoms with van der Waals surface area (Å²) < 4.78 is 0. The van der Waals surface area contributed by atoms with Gasteiger partial charge in [-0.05, 0) is 71.4 Å². The van der Waals surface area contributed by atoms with E-state index in [1.54, 1.807) is 0 Å². The van der Waals surface area contributed by atoms with Crippen LogP contribution in [-0.2, 0) is 0 Å². The Kier molecular flexibility index (Phi) is 7.14. The molecule has 3 nitrogen and oxygen atoms in total. The fourth-order valence-electron chi connectivity index (χ4n) is 7.71. The van der Waals surface area contributed by atoms with E-state index < -0.39 is 0 Å². The zero-order valence-electron chi connectivity index (χ0n) is 28.2. The lowest BCUT2D eigenvalue weighted by Gasteiger charge is -2.17. The van der Waals surface area contributed by atoms with E-state index in [4.69, 9.17) is 15.0 Å². The van der Waals surface area contributed by atoms with Crippen molar-refractivity contribution < 1.29 is 0 Å². The minimum atomic E-state index is 0.633. The SMILES string of the molecule is c1ccc(-c2nc(-c3ccccc3-c3cccc4ccccc34)nc(-c3ccccc3-c3c4ccccc4cc4c3ccc3ccccc34)n2)cc1. The van der Waals surface area contributed by atoms with Crippen LogP contribution in [0.4, 0.5) is 0 Å². The molecule has 10 rings (SSSR count). The molecule has 0 spiro atoms. The lowest BCUT2D eigenvalue weighted by Crippen LogP contribution is -2.02. The molecule has 242 valence electrons. The van der Waals surface area contributed by atoms with Gasteiger partial charge in [-0.2, -0.15) is 0 Å². The Morgan fingerprint density at radius 1 is 0.250 bits per heavy atom. The minimum Gasteiger partial charge on any atom is -0.208 e. The molecule has 9 aromatic carbocycles. The highest BCUT2D eigenvalue weighted by Gasteiger charge is 2.20. The van der Waals surface area contributed by atoms with Gasteiger partial charge in [0, 0.05) is 16.7 Å². The zero-order chi connectivity index (χ0) is 34.4. The molecule has 0 bridgehead atoms. The Balaban J connectivity index is 1.25. The Morgan fingerprint density at radius 3 is 1.50 bits per heavy atom. The molecule has 0 amide bonds. The first-order chi connectivity index (χ1) is 25.8. The van der Waals surface area contributed by atoms with E-state index in [0.29, 0.717) is 17.5 Å². The highest BCUT2D eigenvalue weighted by molar-refractivity contribution is 6.21. The monoisotopic (exact) mass is 661 g/mol. The van der Waals surface area contributed by atoms with Crippen molar-refractivity contribution >= 4 is 43.1 Å². The van der Waals surface area contributed by atoms with Crippen LogP contribution >= 0.6 is 0 Å². The summed E-state index contributed by atoms with van der Waals surface area (Å²) in [6, 6.07) is 66.4. The normalized spacial score (nSPS) is 11.5. The number of nitrogens with zero attached hydrogens (tertiary/aromatic N) is 3. The van der Waals surface area contributed by atoms with E-state index in [1.807, 2.05) is 18.2 Å².